The molecular formula is C33H41NO7. The van der Waals surface area contributed by atoms with Gasteiger partial charge in [0, 0.05) is 11.0 Å². The number of unbranched alkanes of at least 4 members (excludes halogenated alkanes) is 5. The lowest BCUT2D eigenvalue weighted by atomic mass is 9.85. The minimum atomic E-state index is -1.96. The Kier molecular flexibility index (Phi) is 12.3. The largest absolute Gasteiger partial charge is 0.462 e. The molecule has 0 N–H and O–H groups in total. The molecule has 0 aliphatic heterocycles. The summed E-state index contributed by atoms with van der Waals surface area (Å²) in [6.07, 6.45) is 11.9. The summed E-state index contributed by atoms with van der Waals surface area (Å²) in [5.41, 5.74) is -0.222. The molecule has 0 fully saturated rings. The number of hydrogen-bond acceptors (Lipinski definition) is 7. The van der Waals surface area contributed by atoms with E-state index < -0.39 is 28.5 Å². The molecule has 220 valence electrons. The summed E-state index contributed by atoms with van der Waals surface area (Å²) in [6.45, 7) is 6.59. The molecule has 0 bridgehead atoms. The maximum Gasteiger partial charge on any atom is 0.355 e. The van der Waals surface area contributed by atoms with Gasteiger partial charge in [0.2, 0.25) is 0 Å². The van der Waals surface area contributed by atoms with Crippen molar-refractivity contribution in [2.45, 2.75) is 77.4 Å². The molecule has 0 saturated heterocycles. The molecule has 0 saturated carbocycles. The molecule has 3 atom stereocenters. The summed E-state index contributed by atoms with van der Waals surface area (Å²) < 4.78 is 17.0. The van der Waals surface area contributed by atoms with Crippen LogP contribution in [0.25, 0.3) is 5.57 Å². The first kappa shape index (κ1) is 31.7. The highest BCUT2D eigenvalue weighted by atomic mass is 16.6. The van der Waals surface area contributed by atoms with Crippen LogP contribution in [0.2, 0.25) is 0 Å². The van der Waals surface area contributed by atoms with Crippen LogP contribution in [-0.2, 0) is 14.3 Å². The van der Waals surface area contributed by atoms with E-state index in [4.69, 9.17) is 14.2 Å². The smallest absolute Gasteiger partial charge is 0.355 e. The van der Waals surface area contributed by atoms with Gasteiger partial charge < -0.3 is 14.2 Å². The Balaban J connectivity index is 1.72. The summed E-state index contributed by atoms with van der Waals surface area (Å²) in [5, 5.41) is 12.3. The third kappa shape index (κ3) is 8.85. The Morgan fingerprint density at radius 1 is 0.976 bits per heavy atom. The zero-order valence-corrected chi connectivity index (χ0v) is 24.3. The Morgan fingerprint density at radius 2 is 1.66 bits per heavy atom. The van der Waals surface area contributed by atoms with Crippen LogP contribution in [0, 0.1) is 16.0 Å². The Labute approximate surface area is 242 Å². The fourth-order valence-corrected chi connectivity index (χ4v) is 4.46. The zero-order chi connectivity index (χ0) is 29.7. The maximum absolute atomic E-state index is 13.6. The number of rotatable bonds is 16. The van der Waals surface area contributed by atoms with E-state index in [0.29, 0.717) is 17.7 Å². The van der Waals surface area contributed by atoms with Gasteiger partial charge >= 0.3 is 11.9 Å². The van der Waals surface area contributed by atoms with Crippen molar-refractivity contribution >= 4 is 17.5 Å². The lowest BCUT2D eigenvalue weighted by Crippen LogP contribution is -2.56. The van der Waals surface area contributed by atoms with Crippen LogP contribution >= 0.6 is 0 Å². The lowest BCUT2D eigenvalue weighted by molar-refractivity contribution is -0.526. The molecule has 0 radical (unpaired) electrons. The fraction of sp³-hybridized carbons (Fsp3) is 0.455. The monoisotopic (exact) mass is 563 g/mol. The molecule has 1 aliphatic rings. The quantitative estimate of drug-likeness (QED) is 0.0698. The summed E-state index contributed by atoms with van der Waals surface area (Å²) >= 11 is 0. The average molecular weight is 564 g/mol. The van der Waals surface area contributed by atoms with Gasteiger partial charge in [0.05, 0.1) is 18.8 Å². The third-order valence-electron chi connectivity index (χ3n) is 7.28. The molecule has 2 unspecified atom stereocenters. The summed E-state index contributed by atoms with van der Waals surface area (Å²) in [4.78, 5) is 37.8. The molecule has 2 aromatic carbocycles. The minimum Gasteiger partial charge on any atom is -0.462 e. The second kappa shape index (κ2) is 15.9. The number of benzene rings is 2. The van der Waals surface area contributed by atoms with Crippen molar-refractivity contribution in [1.82, 2.24) is 0 Å². The van der Waals surface area contributed by atoms with Crippen LogP contribution in [0.15, 0.2) is 72.8 Å². The van der Waals surface area contributed by atoms with Crippen molar-refractivity contribution in [3.63, 3.8) is 0 Å². The predicted octanol–water partition coefficient (Wildman–Crippen LogP) is 7.21. The second-order valence-electron chi connectivity index (χ2n) is 10.5. The summed E-state index contributed by atoms with van der Waals surface area (Å²) in [7, 11) is 0. The average Bonchev–Trinajstić information content (AvgIpc) is 2.99. The molecule has 8 nitrogen and oxygen atoms in total. The van der Waals surface area contributed by atoms with Gasteiger partial charge in [-0.05, 0) is 53.8 Å². The lowest BCUT2D eigenvalue weighted by Gasteiger charge is -2.33. The number of nitro groups is 1. The topological polar surface area (TPSA) is 105 Å². The van der Waals surface area contributed by atoms with Gasteiger partial charge in [0.15, 0.2) is 0 Å². The van der Waals surface area contributed by atoms with Crippen molar-refractivity contribution in [3.8, 4) is 5.75 Å². The van der Waals surface area contributed by atoms with E-state index in [2.05, 4.69) is 6.92 Å². The van der Waals surface area contributed by atoms with Crippen LogP contribution in [0.3, 0.4) is 0 Å². The van der Waals surface area contributed by atoms with Crippen molar-refractivity contribution in [3.05, 3.63) is 94.1 Å². The normalized spacial score (nSPS) is 18.8. The summed E-state index contributed by atoms with van der Waals surface area (Å²) in [6, 6.07) is 13.7. The van der Waals surface area contributed by atoms with Gasteiger partial charge in [-0.25, -0.2) is 9.59 Å². The molecule has 0 heterocycles. The fourth-order valence-electron chi connectivity index (χ4n) is 4.46. The van der Waals surface area contributed by atoms with Crippen LogP contribution in [0.1, 0.15) is 81.6 Å². The van der Waals surface area contributed by atoms with Crippen LogP contribution < -0.4 is 4.74 Å². The van der Waals surface area contributed by atoms with Crippen LogP contribution in [0.4, 0.5) is 0 Å². The molecule has 0 spiro atoms. The van der Waals surface area contributed by atoms with Crippen molar-refractivity contribution < 1.29 is 28.7 Å². The molecule has 41 heavy (non-hydrogen) atoms. The van der Waals surface area contributed by atoms with E-state index in [1.807, 2.05) is 44.2 Å². The summed E-state index contributed by atoms with van der Waals surface area (Å²) in [5.74, 6) is -1.14. The van der Waals surface area contributed by atoms with Crippen LogP contribution in [-0.4, -0.2) is 41.7 Å². The van der Waals surface area contributed by atoms with E-state index in [-0.39, 0.29) is 18.3 Å². The molecule has 1 aliphatic carbocycles. The molecule has 8 heteroatoms. The van der Waals surface area contributed by atoms with Crippen molar-refractivity contribution in [2.24, 2.45) is 5.92 Å². The van der Waals surface area contributed by atoms with Crippen LogP contribution in [0.5, 0.6) is 5.75 Å². The number of hydrogen-bond donors (Lipinski definition) is 0. The van der Waals surface area contributed by atoms with Crippen molar-refractivity contribution in [2.75, 3.05) is 13.2 Å². The number of carbonyl (C=O) groups excluding carboxylic acids is 2. The molecule has 2 aromatic rings. The molecular weight excluding hydrogens is 522 g/mol. The zero-order valence-electron chi connectivity index (χ0n) is 24.3. The third-order valence-corrected chi connectivity index (χ3v) is 7.28. The standard InChI is InChI=1S/C33H41NO7/c1-4-6-7-8-9-13-22-39-31(35)27-16-18-29(19-17-27)41-32(36)33(40-24-25(3)5-2)21-20-28(23-30(33)34(37)38)26-14-11-10-12-15-26/h10-12,14-21,23,25,30H,4-9,13,22,24H2,1-3H3/t25?,30-,33?/m0/s1. The molecule has 3 rings (SSSR count). The van der Waals surface area contributed by atoms with E-state index >= 15 is 0 Å². The van der Waals surface area contributed by atoms with Gasteiger partial charge in [-0.15, -0.1) is 0 Å². The highest BCUT2D eigenvalue weighted by molar-refractivity contribution is 5.91. The predicted molar refractivity (Wildman–Crippen MR) is 158 cm³/mol. The Hall–Kier alpha value is -3.78. The number of allylic oxidation sites excluding steroid dienone is 2. The minimum absolute atomic E-state index is 0.0709. The van der Waals surface area contributed by atoms with E-state index in [9.17, 15) is 19.7 Å². The van der Waals surface area contributed by atoms with Crippen molar-refractivity contribution in [1.29, 1.82) is 0 Å². The number of carbonyl (C=O) groups is 2. The van der Waals surface area contributed by atoms with Gasteiger partial charge in [-0.1, -0.05) is 95.7 Å². The van der Waals surface area contributed by atoms with E-state index in [1.54, 1.807) is 6.08 Å². The number of ether oxygens (including phenoxy) is 3. The second-order valence-corrected chi connectivity index (χ2v) is 10.5. The number of nitrogens with zero attached hydrogens (tertiary/aromatic N) is 1. The molecule has 0 aromatic heterocycles. The van der Waals surface area contributed by atoms with Gasteiger partial charge in [-0.3, -0.25) is 10.1 Å². The van der Waals surface area contributed by atoms with E-state index in [1.165, 1.54) is 55.7 Å². The van der Waals surface area contributed by atoms with Gasteiger partial charge in [0.25, 0.3) is 11.6 Å². The van der Waals surface area contributed by atoms with Gasteiger partial charge in [0.1, 0.15) is 5.75 Å². The SMILES string of the molecule is CCCCCCCCOC(=O)c1ccc(OC(=O)C2(OCC(C)CC)C=CC(c3ccccc3)=C[C@@H]2[N+](=O)[O-])cc1. The first-order valence-electron chi connectivity index (χ1n) is 14.5. The molecule has 0 amide bonds. The highest BCUT2D eigenvalue weighted by Gasteiger charge is 2.55. The Morgan fingerprint density at radius 3 is 2.32 bits per heavy atom. The highest BCUT2D eigenvalue weighted by Crippen LogP contribution is 2.34. The Bertz CT molecular complexity index is 1210. The first-order valence-corrected chi connectivity index (χ1v) is 14.5. The first-order chi connectivity index (χ1) is 19.8. The van der Waals surface area contributed by atoms with Gasteiger partial charge in [-0.2, -0.15) is 0 Å². The maximum atomic E-state index is 13.6. The van der Waals surface area contributed by atoms with E-state index in [0.717, 1.165) is 31.2 Å². The number of esters is 2.